The molecule has 0 atom stereocenters. The standard InChI is InChI=1S/C73H65N5O/c1-71(2,3)46-48-37-38-74-68(39-48)78-63-34-18-15-29-60(63)69-66(77-61-32-16-13-27-58(61)59-28-14-17-33-62(59)77)44-55(45-67(69)78)79-54-26-21-25-53(43-54)75-47-76(65-36-20-19-35-64(65)75)70-56(49-23-11-10-12-24-49)30-22-31-57(70)50-40-51(72(4,5)6)42-52(41-50)73(7,8)9/h10-45H,46H2,1-9H3/i10D,11D,12D,13D,14D,16D,17D,23D,24D,27D,28D,32D,33D. The molecule has 388 valence electrons. The second-order valence-corrected chi connectivity index (χ2v) is 23.6. The van der Waals surface area contributed by atoms with Gasteiger partial charge in [0.05, 0.1) is 68.0 Å². The number of fused-ring (bicyclic) bond motifs is 7. The summed E-state index contributed by atoms with van der Waals surface area (Å²) in [5.41, 5.74) is 8.76. The second-order valence-electron chi connectivity index (χ2n) is 23.6. The maximum Gasteiger partial charge on any atom is 0.269 e. The average Bonchev–Trinajstić information content (AvgIpc) is 1.53. The van der Waals surface area contributed by atoms with Crippen molar-refractivity contribution in [1.82, 2.24) is 18.7 Å². The molecule has 0 spiro atoms. The minimum atomic E-state index is -0.550. The Kier molecular flexibility index (Phi) is 8.82. The van der Waals surface area contributed by atoms with Gasteiger partial charge in [0.15, 0.2) is 0 Å². The zero-order chi connectivity index (χ0) is 65.7. The first-order chi connectivity index (χ1) is 43.4. The van der Waals surface area contributed by atoms with Gasteiger partial charge in [-0.3, -0.25) is 13.7 Å². The first-order valence-electron chi connectivity index (χ1n) is 33.1. The summed E-state index contributed by atoms with van der Waals surface area (Å²) >= 11 is 0. The van der Waals surface area contributed by atoms with Crippen molar-refractivity contribution in [3.63, 3.8) is 0 Å². The topological polar surface area (TPSA) is 40.8 Å². The maximum absolute atomic E-state index is 9.55. The number of hydrogen-bond acceptors (Lipinski definition) is 2. The first-order valence-corrected chi connectivity index (χ1v) is 26.6. The number of aromatic nitrogens is 5. The molecule has 0 aliphatic heterocycles. The summed E-state index contributed by atoms with van der Waals surface area (Å²) < 4.78 is 133. The van der Waals surface area contributed by atoms with Gasteiger partial charge < -0.3 is 9.30 Å². The Morgan fingerprint density at radius 2 is 1.15 bits per heavy atom. The van der Waals surface area contributed by atoms with Crippen LogP contribution in [0.5, 0.6) is 11.5 Å². The molecule has 6 heteroatoms. The molecule has 0 unspecified atom stereocenters. The van der Waals surface area contributed by atoms with Crippen molar-refractivity contribution < 1.29 is 27.1 Å². The summed E-state index contributed by atoms with van der Waals surface area (Å²) in [4.78, 5) is 4.96. The van der Waals surface area contributed by atoms with Gasteiger partial charge in [0.1, 0.15) is 17.3 Å². The van der Waals surface area contributed by atoms with Crippen molar-refractivity contribution in [2.45, 2.75) is 79.6 Å². The van der Waals surface area contributed by atoms with Crippen LogP contribution in [0.1, 0.15) is 96.8 Å². The smallest absolute Gasteiger partial charge is 0.269 e. The summed E-state index contributed by atoms with van der Waals surface area (Å²) in [5.74, 6) is 1.21. The van der Waals surface area contributed by atoms with E-state index < -0.39 is 66.5 Å². The number of nitrogens with zero attached hydrogens (tertiary/aromatic N) is 5. The van der Waals surface area contributed by atoms with Crippen LogP contribution < -0.4 is 9.30 Å². The predicted octanol–water partition coefficient (Wildman–Crippen LogP) is 18.6. The number of ether oxygens (including phenoxy) is 1. The number of para-hydroxylation sites is 6. The van der Waals surface area contributed by atoms with E-state index >= 15 is 0 Å². The van der Waals surface area contributed by atoms with E-state index in [1.807, 2.05) is 111 Å². The summed E-state index contributed by atoms with van der Waals surface area (Å²) in [6.45, 7) is 19.5. The van der Waals surface area contributed by atoms with Gasteiger partial charge in [0.25, 0.3) is 6.33 Å². The van der Waals surface area contributed by atoms with E-state index in [1.165, 1.54) is 4.57 Å². The molecule has 9 aromatic carbocycles. The van der Waals surface area contributed by atoms with Crippen LogP contribution in [0, 0.1) is 11.7 Å². The third-order valence-corrected chi connectivity index (χ3v) is 14.7. The molecule has 0 saturated heterocycles. The van der Waals surface area contributed by atoms with Gasteiger partial charge in [-0.05, 0) is 110 Å². The van der Waals surface area contributed by atoms with Crippen molar-refractivity contribution in [2.24, 2.45) is 5.41 Å². The van der Waals surface area contributed by atoms with Crippen LogP contribution in [0.15, 0.2) is 218 Å². The molecule has 0 N–H and O–H groups in total. The Morgan fingerprint density at radius 1 is 0.519 bits per heavy atom. The van der Waals surface area contributed by atoms with Gasteiger partial charge in [0.2, 0.25) is 0 Å². The van der Waals surface area contributed by atoms with Crippen LogP contribution in [0.2, 0.25) is 0 Å². The summed E-state index contributed by atoms with van der Waals surface area (Å²) in [6.07, 6.45) is 6.19. The van der Waals surface area contributed by atoms with E-state index in [0.717, 1.165) is 45.1 Å². The molecule has 4 aromatic heterocycles. The molecular weight excluding hydrogens is 963 g/mol. The molecule has 6 nitrogen and oxygen atoms in total. The largest absolute Gasteiger partial charge is 0.458 e. The van der Waals surface area contributed by atoms with Crippen molar-refractivity contribution in [3.05, 3.63) is 241 Å². The maximum atomic E-state index is 9.55. The first kappa shape index (κ1) is 36.9. The molecule has 0 bridgehead atoms. The minimum absolute atomic E-state index is 0.0365. The quantitative estimate of drug-likeness (QED) is 0.107. The summed E-state index contributed by atoms with van der Waals surface area (Å²) in [7, 11) is 0. The fourth-order valence-electron chi connectivity index (χ4n) is 11.0. The molecular formula is C73H65N5O. The van der Waals surface area contributed by atoms with E-state index in [-0.39, 0.29) is 61.4 Å². The Balaban J connectivity index is 1.07. The molecule has 0 fully saturated rings. The third kappa shape index (κ3) is 8.95. The highest BCUT2D eigenvalue weighted by molar-refractivity contribution is 6.16. The fraction of sp³-hybridized carbons (Fsp3) is 0.178. The Bertz CT molecular complexity index is 5150. The molecule has 79 heavy (non-hydrogen) atoms. The monoisotopic (exact) mass is 1040 g/mol. The lowest BCUT2D eigenvalue weighted by molar-refractivity contribution is -0.571. The normalized spacial score (nSPS) is 14.7. The van der Waals surface area contributed by atoms with Crippen LogP contribution in [-0.2, 0) is 17.3 Å². The number of imidazole rings is 1. The van der Waals surface area contributed by atoms with E-state index in [4.69, 9.17) is 19.3 Å². The van der Waals surface area contributed by atoms with Gasteiger partial charge >= 0.3 is 0 Å². The lowest BCUT2D eigenvalue weighted by Gasteiger charge is -2.27. The van der Waals surface area contributed by atoms with Crippen LogP contribution >= 0.6 is 0 Å². The number of rotatable bonds is 9. The van der Waals surface area contributed by atoms with Crippen molar-refractivity contribution in [2.75, 3.05) is 0 Å². The summed E-state index contributed by atoms with van der Waals surface area (Å²) in [6, 6.07) is 36.7. The summed E-state index contributed by atoms with van der Waals surface area (Å²) in [5, 5.41) is 1.19. The van der Waals surface area contributed by atoms with Crippen LogP contribution in [-0.4, -0.2) is 18.7 Å². The number of pyridine rings is 1. The minimum Gasteiger partial charge on any atom is -0.458 e. The number of hydrogen-bond donors (Lipinski definition) is 0. The van der Waals surface area contributed by atoms with Crippen LogP contribution in [0.3, 0.4) is 0 Å². The number of benzene rings is 9. The van der Waals surface area contributed by atoms with Gasteiger partial charge in [-0.25, -0.2) is 4.98 Å². The molecule has 0 aliphatic carbocycles. The van der Waals surface area contributed by atoms with Gasteiger partial charge in [-0.15, -0.1) is 0 Å². The highest BCUT2D eigenvalue weighted by Crippen LogP contribution is 2.44. The molecule has 13 rings (SSSR count). The third-order valence-electron chi connectivity index (χ3n) is 14.7. The zero-order valence-electron chi connectivity index (χ0n) is 58.6. The molecule has 0 amide bonds. The van der Waals surface area contributed by atoms with Crippen molar-refractivity contribution in [3.8, 4) is 56.6 Å². The van der Waals surface area contributed by atoms with E-state index in [0.29, 0.717) is 56.1 Å². The SMILES string of the molecule is [2H]c1c([2H])c([2H])c(-c2cccc(-c3cc(C(C)(C)C)cc(C(C)(C)C)c3)c2-[n+]2[c-]n(-c3cccc(Oc4cc(-n5c6c([2H])c([2H])c([2H])c([2H])c6c6c([2H])c([2H])c([2H])c([2H])c65)c5c6ccccc6n(-c6cc(CC(C)(C)C)ccn6)c5c4)c3)c3ccccc32)c([2H])c1[2H]. The Hall–Kier alpha value is -9.00. The van der Waals surface area contributed by atoms with Gasteiger partial charge in [-0.1, -0.05) is 214 Å². The highest BCUT2D eigenvalue weighted by Gasteiger charge is 2.26. The molecule has 4 heterocycles. The van der Waals surface area contributed by atoms with E-state index in [9.17, 15) is 8.22 Å². The molecule has 0 saturated carbocycles. The lowest BCUT2D eigenvalue weighted by Crippen LogP contribution is -2.31. The highest BCUT2D eigenvalue weighted by atomic mass is 16.5. The molecule has 0 aliphatic rings. The average molecular weight is 1040 g/mol. The second kappa shape index (κ2) is 18.9. The molecule has 0 radical (unpaired) electrons. The lowest BCUT2D eigenvalue weighted by atomic mass is 9.78. The van der Waals surface area contributed by atoms with Crippen molar-refractivity contribution in [1.29, 1.82) is 0 Å². The van der Waals surface area contributed by atoms with Crippen molar-refractivity contribution >= 4 is 54.6 Å². The van der Waals surface area contributed by atoms with Gasteiger partial charge in [0, 0.05) is 39.9 Å². The van der Waals surface area contributed by atoms with Crippen LogP contribution in [0.25, 0.3) is 99.8 Å². The van der Waals surface area contributed by atoms with E-state index in [1.54, 1.807) is 24.4 Å². The molecule has 13 aromatic rings. The Morgan fingerprint density at radius 3 is 1.85 bits per heavy atom. The van der Waals surface area contributed by atoms with Crippen LogP contribution in [0.4, 0.5) is 0 Å². The zero-order valence-corrected chi connectivity index (χ0v) is 45.6. The van der Waals surface area contributed by atoms with E-state index in [2.05, 4.69) is 86.8 Å². The van der Waals surface area contributed by atoms with Gasteiger partial charge in [-0.2, -0.15) is 0 Å². The predicted molar refractivity (Wildman–Crippen MR) is 328 cm³/mol. The Labute approximate surface area is 481 Å². The fourth-order valence-corrected chi connectivity index (χ4v) is 11.0.